The zero-order chi connectivity index (χ0) is 9.42. The first-order valence-electron chi connectivity index (χ1n) is 3.60. The lowest BCUT2D eigenvalue weighted by Crippen LogP contribution is -1.98. The monoisotopic (exact) mass is 246 g/mol. The largest absolute Gasteiger partial charge is 0.333 e. The van der Waals surface area contributed by atoms with Gasteiger partial charge in [0.15, 0.2) is 0 Å². The van der Waals surface area contributed by atoms with Crippen molar-refractivity contribution in [2.75, 3.05) is 0 Å². The molecule has 0 saturated carbocycles. The zero-order valence-corrected chi connectivity index (χ0v) is 8.00. The van der Waals surface area contributed by atoms with Crippen LogP contribution in [0.15, 0.2) is 28.9 Å². The zero-order valence-electron chi connectivity index (χ0n) is 6.42. The lowest BCUT2D eigenvalue weighted by atomic mass is 10.3. The maximum atomic E-state index is 12.3. The summed E-state index contributed by atoms with van der Waals surface area (Å²) < 4.78 is 26.2. The van der Waals surface area contributed by atoms with E-state index in [2.05, 4.69) is 21.0 Å². The number of hydrogen-bond acceptors (Lipinski definition) is 1. The van der Waals surface area contributed by atoms with Gasteiger partial charge in [0.05, 0.1) is 11.7 Å². The molecule has 1 aromatic heterocycles. The molecular formula is C8H5BrF2N2. The first-order chi connectivity index (χ1) is 6.20. The summed E-state index contributed by atoms with van der Waals surface area (Å²) in [6.07, 6.45) is 1.42. The van der Waals surface area contributed by atoms with Gasteiger partial charge in [-0.15, -0.1) is 0 Å². The van der Waals surface area contributed by atoms with E-state index < -0.39 is 6.55 Å². The van der Waals surface area contributed by atoms with E-state index in [9.17, 15) is 8.78 Å². The first-order valence-corrected chi connectivity index (χ1v) is 4.39. The van der Waals surface area contributed by atoms with Crippen LogP contribution in [0.5, 0.6) is 0 Å². The van der Waals surface area contributed by atoms with Gasteiger partial charge in [-0.25, -0.2) is 4.68 Å². The number of aromatic nitrogens is 2. The van der Waals surface area contributed by atoms with Crippen molar-refractivity contribution in [2.24, 2.45) is 0 Å². The van der Waals surface area contributed by atoms with Crippen LogP contribution in [0.1, 0.15) is 6.55 Å². The predicted molar refractivity (Wildman–Crippen MR) is 48.7 cm³/mol. The second-order valence-electron chi connectivity index (χ2n) is 2.54. The summed E-state index contributed by atoms with van der Waals surface area (Å²) in [6.45, 7) is -2.59. The highest BCUT2D eigenvalue weighted by atomic mass is 79.9. The number of hydrogen-bond donors (Lipinski definition) is 0. The minimum Gasteiger partial charge on any atom is -0.204 e. The summed E-state index contributed by atoms with van der Waals surface area (Å²) >= 11 is 3.26. The molecule has 0 atom stereocenters. The van der Waals surface area contributed by atoms with Crippen molar-refractivity contribution >= 4 is 26.8 Å². The fourth-order valence-electron chi connectivity index (χ4n) is 1.19. The molecule has 2 aromatic rings. The fraction of sp³-hybridized carbons (Fsp3) is 0.125. The van der Waals surface area contributed by atoms with Crippen molar-refractivity contribution < 1.29 is 8.78 Å². The first kappa shape index (κ1) is 8.62. The molecule has 5 heteroatoms. The second-order valence-corrected chi connectivity index (χ2v) is 3.39. The van der Waals surface area contributed by atoms with Gasteiger partial charge in [0.2, 0.25) is 0 Å². The Labute approximate surface area is 81.3 Å². The van der Waals surface area contributed by atoms with Gasteiger partial charge in [0, 0.05) is 9.86 Å². The Morgan fingerprint density at radius 1 is 1.38 bits per heavy atom. The molecule has 68 valence electrons. The Morgan fingerprint density at radius 2 is 2.15 bits per heavy atom. The Balaban J connectivity index is 2.75. The summed E-state index contributed by atoms with van der Waals surface area (Å²) in [4.78, 5) is 0. The summed E-state index contributed by atoms with van der Waals surface area (Å²) in [5, 5.41) is 4.29. The minimum atomic E-state index is -2.59. The number of fused-ring (bicyclic) bond motifs is 1. The highest BCUT2D eigenvalue weighted by molar-refractivity contribution is 9.10. The lowest BCUT2D eigenvalue weighted by Gasteiger charge is -2.00. The van der Waals surface area contributed by atoms with Gasteiger partial charge in [-0.2, -0.15) is 13.9 Å². The third kappa shape index (κ3) is 1.33. The van der Waals surface area contributed by atoms with Gasteiger partial charge in [0.1, 0.15) is 0 Å². The molecule has 0 aliphatic carbocycles. The maximum Gasteiger partial charge on any atom is 0.333 e. The van der Waals surface area contributed by atoms with Crippen LogP contribution in [0.25, 0.3) is 10.9 Å². The van der Waals surface area contributed by atoms with E-state index >= 15 is 0 Å². The van der Waals surface area contributed by atoms with Crippen LogP contribution < -0.4 is 0 Å². The Morgan fingerprint density at radius 3 is 2.85 bits per heavy atom. The van der Waals surface area contributed by atoms with Crippen LogP contribution in [0.2, 0.25) is 0 Å². The smallest absolute Gasteiger partial charge is 0.204 e. The normalized spacial score (nSPS) is 11.4. The molecule has 0 fully saturated rings. The predicted octanol–water partition coefficient (Wildman–Crippen LogP) is 3.19. The Hall–Kier alpha value is -0.970. The highest BCUT2D eigenvalue weighted by Crippen LogP contribution is 2.25. The van der Waals surface area contributed by atoms with Gasteiger partial charge < -0.3 is 0 Å². The highest BCUT2D eigenvalue weighted by Gasteiger charge is 2.11. The quantitative estimate of drug-likeness (QED) is 0.756. The summed E-state index contributed by atoms with van der Waals surface area (Å²) in [5.74, 6) is 0. The van der Waals surface area contributed by atoms with Crippen LogP contribution >= 0.6 is 15.9 Å². The Bertz CT molecular complexity index is 439. The second kappa shape index (κ2) is 3.06. The molecule has 0 radical (unpaired) electrons. The lowest BCUT2D eigenvalue weighted by molar-refractivity contribution is 0.0615. The molecule has 0 aliphatic rings. The SMILES string of the molecule is FC(F)n1ncc2c(Br)cccc21. The maximum absolute atomic E-state index is 12.3. The molecule has 0 N–H and O–H groups in total. The van der Waals surface area contributed by atoms with Crippen molar-refractivity contribution in [2.45, 2.75) is 6.55 Å². The fourth-order valence-corrected chi connectivity index (χ4v) is 1.65. The summed E-state index contributed by atoms with van der Waals surface area (Å²) in [6, 6.07) is 5.10. The van der Waals surface area contributed by atoms with E-state index in [4.69, 9.17) is 0 Å². The van der Waals surface area contributed by atoms with Crippen molar-refractivity contribution in [1.29, 1.82) is 0 Å². The van der Waals surface area contributed by atoms with Gasteiger partial charge in [-0.3, -0.25) is 0 Å². The molecule has 1 aromatic carbocycles. The molecule has 2 nitrogen and oxygen atoms in total. The van der Waals surface area contributed by atoms with Gasteiger partial charge >= 0.3 is 6.55 Å². The van der Waals surface area contributed by atoms with Crippen LogP contribution in [0, 0.1) is 0 Å². The molecule has 0 saturated heterocycles. The van der Waals surface area contributed by atoms with Crippen molar-refractivity contribution in [3.63, 3.8) is 0 Å². The number of alkyl halides is 2. The number of halogens is 3. The molecule has 13 heavy (non-hydrogen) atoms. The summed E-state index contributed by atoms with van der Waals surface area (Å²) in [5.41, 5.74) is 0.435. The van der Waals surface area contributed by atoms with Crippen LogP contribution in [0.4, 0.5) is 8.78 Å². The topological polar surface area (TPSA) is 17.8 Å². The van der Waals surface area contributed by atoms with Crippen LogP contribution in [-0.4, -0.2) is 9.78 Å². The minimum absolute atomic E-state index is 0.435. The van der Waals surface area contributed by atoms with Crippen molar-refractivity contribution in [1.82, 2.24) is 9.78 Å². The molecule has 0 spiro atoms. The van der Waals surface area contributed by atoms with Gasteiger partial charge in [-0.05, 0) is 12.1 Å². The average Bonchev–Trinajstić information content (AvgIpc) is 2.48. The van der Waals surface area contributed by atoms with E-state index in [-0.39, 0.29) is 0 Å². The Kier molecular flexibility index (Phi) is 2.03. The molecule has 1 heterocycles. The average molecular weight is 247 g/mol. The van der Waals surface area contributed by atoms with E-state index in [1.165, 1.54) is 6.20 Å². The van der Waals surface area contributed by atoms with E-state index in [1.54, 1.807) is 18.2 Å². The van der Waals surface area contributed by atoms with Crippen LogP contribution in [0.3, 0.4) is 0 Å². The molecule has 0 bridgehead atoms. The number of nitrogens with zero attached hydrogens (tertiary/aromatic N) is 2. The van der Waals surface area contributed by atoms with Crippen molar-refractivity contribution in [3.8, 4) is 0 Å². The molecule has 2 rings (SSSR count). The van der Waals surface area contributed by atoms with E-state index in [0.29, 0.717) is 15.6 Å². The van der Waals surface area contributed by atoms with Crippen molar-refractivity contribution in [3.05, 3.63) is 28.9 Å². The molecule has 0 amide bonds. The standard InChI is InChI=1S/C8H5BrF2N2/c9-6-2-1-3-7-5(6)4-12-13(7)8(10)11/h1-4,8H. The van der Waals surface area contributed by atoms with Gasteiger partial charge in [0.25, 0.3) is 0 Å². The molecule has 0 unspecified atom stereocenters. The van der Waals surface area contributed by atoms with E-state index in [0.717, 1.165) is 4.47 Å². The summed E-state index contributed by atoms with van der Waals surface area (Å²) in [7, 11) is 0. The van der Waals surface area contributed by atoms with E-state index in [1.807, 2.05) is 0 Å². The molecule has 0 aliphatic heterocycles. The number of rotatable bonds is 1. The molecular weight excluding hydrogens is 242 g/mol. The van der Waals surface area contributed by atoms with Crippen LogP contribution in [-0.2, 0) is 0 Å². The number of benzene rings is 1. The van der Waals surface area contributed by atoms with Gasteiger partial charge in [-0.1, -0.05) is 22.0 Å². The third-order valence-corrected chi connectivity index (χ3v) is 2.46. The third-order valence-electron chi connectivity index (χ3n) is 1.77.